The van der Waals surface area contributed by atoms with Gasteiger partial charge in [-0.3, -0.25) is 9.80 Å². The molecule has 6 rings (SSSR count). The number of piperidine rings is 3. The summed E-state index contributed by atoms with van der Waals surface area (Å²) in [5.41, 5.74) is 1.32. The van der Waals surface area contributed by atoms with Crippen LogP contribution in [0.25, 0.3) is 0 Å². The second-order valence-corrected chi connectivity index (χ2v) is 11.6. The van der Waals surface area contributed by atoms with Crippen LogP contribution in [0.4, 0.5) is 5.69 Å². The topological polar surface area (TPSA) is 65.1 Å². The maximum atomic E-state index is 12.8. The number of hydrogen-bond donors (Lipinski definition) is 1. The fourth-order valence-corrected chi connectivity index (χ4v) is 6.94. The summed E-state index contributed by atoms with van der Waals surface area (Å²) >= 11 is 0. The summed E-state index contributed by atoms with van der Waals surface area (Å²) in [5.74, 6) is 2.03. The van der Waals surface area contributed by atoms with Gasteiger partial charge in [0.05, 0.1) is 12.0 Å². The third-order valence-corrected chi connectivity index (χ3v) is 9.32. The van der Waals surface area contributed by atoms with Gasteiger partial charge in [-0.25, -0.2) is 13.1 Å². The van der Waals surface area contributed by atoms with Crippen molar-refractivity contribution in [1.82, 2.24) is 14.5 Å². The molecular formula is C26H36N4O3S. The summed E-state index contributed by atoms with van der Waals surface area (Å²) in [6, 6.07) is 17.6. The normalized spacial score (nSPS) is 27.6. The van der Waals surface area contributed by atoms with Gasteiger partial charge in [0.15, 0.2) is 0 Å². The molecule has 1 N–H and O–H groups in total. The van der Waals surface area contributed by atoms with E-state index in [0.29, 0.717) is 24.1 Å². The van der Waals surface area contributed by atoms with E-state index in [4.69, 9.17) is 4.74 Å². The number of hydrogen-bond acceptors (Lipinski definition) is 6. The van der Waals surface area contributed by atoms with E-state index in [1.165, 1.54) is 12.1 Å². The smallest absolute Gasteiger partial charge is 0.240 e. The highest BCUT2D eigenvalue weighted by atomic mass is 32.2. The highest BCUT2D eigenvalue weighted by Gasteiger charge is 2.41. The molecule has 2 bridgehead atoms. The summed E-state index contributed by atoms with van der Waals surface area (Å²) in [5, 5.41) is 0. The molecular weight excluding hydrogens is 448 g/mol. The summed E-state index contributed by atoms with van der Waals surface area (Å²) in [6.07, 6.45) is 2.32. The van der Waals surface area contributed by atoms with E-state index >= 15 is 0 Å². The van der Waals surface area contributed by atoms with Gasteiger partial charge in [-0.1, -0.05) is 18.2 Å². The first-order valence-electron chi connectivity index (χ1n) is 12.4. The standard InChI is InChI=1S/C26H36N4O3S/c1-33-25-7-9-26(10-8-25)34(31,32)27-18-24-17-21-11-12-30(24)20-22(21)19-28-13-15-29(16-14-28)23-5-3-2-4-6-23/h2-10,21-22,24,27H,11-20H2,1H3/t21-,22+,24-/m1/s1. The summed E-state index contributed by atoms with van der Waals surface area (Å²) in [4.78, 5) is 7.92. The van der Waals surface area contributed by atoms with Crippen LogP contribution in [0.5, 0.6) is 5.75 Å². The number of benzene rings is 2. The SMILES string of the molecule is COc1ccc(S(=O)(=O)NC[C@H]2C[C@H]3CCN2C[C@@H]3CN2CCN(c3ccccc3)CC2)cc1. The van der Waals surface area contributed by atoms with Crippen LogP contribution < -0.4 is 14.4 Å². The Kier molecular flexibility index (Phi) is 7.11. The van der Waals surface area contributed by atoms with Crippen molar-refractivity contribution in [3.05, 3.63) is 54.6 Å². The van der Waals surface area contributed by atoms with Crippen LogP contribution in [0.15, 0.2) is 59.5 Å². The molecule has 0 aliphatic carbocycles. The molecule has 7 nitrogen and oxygen atoms in total. The molecule has 4 heterocycles. The van der Waals surface area contributed by atoms with Gasteiger partial charge in [0.2, 0.25) is 10.0 Å². The van der Waals surface area contributed by atoms with Gasteiger partial charge in [-0.15, -0.1) is 0 Å². The van der Waals surface area contributed by atoms with E-state index in [1.807, 2.05) is 0 Å². The molecule has 4 saturated heterocycles. The van der Waals surface area contributed by atoms with Crippen LogP contribution >= 0.6 is 0 Å². The van der Waals surface area contributed by atoms with Gasteiger partial charge < -0.3 is 9.64 Å². The number of sulfonamides is 1. The lowest BCUT2D eigenvalue weighted by molar-refractivity contribution is -0.0107. The minimum Gasteiger partial charge on any atom is -0.497 e. The number of methoxy groups -OCH3 is 1. The maximum Gasteiger partial charge on any atom is 0.240 e. The highest BCUT2D eigenvalue weighted by Crippen LogP contribution is 2.37. The van der Waals surface area contributed by atoms with Gasteiger partial charge in [0, 0.05) is 57.5 Å². The molecule has 0 spiro atoms. The van der Waals surface area contributed by atoms with Gasteiger partial charge in [0.25, 0.3) is 0 Å². The third kappa shape index (κ3) is 5.25. The Bertz CT molecular complexity index is 1040. The quantitative estimate of drug-likeness (QED) is 0.621. The Labute approximate surface area is 203 Å². The van der Waals surface area contributed by atoms with Gasteiger partial charge >= 0.3 is 0 Å². The lowest BCUT2D eigenvalue weighted by Crippen LogP contribution is -2.59. The third-order valence-electron chi connectivity index (χ3n) is 7.88. The molecule has 34 heavy (non-hydrogen) atoms. The van der Waals surface area contributed by atoms with E-state index in [0.717, 1.165) is 52.2 Å². The molecule has 0 amide bonds. The number of nitrogens with one attached hydrogen (secondary N) is 1. The Morgan fingerprint density at radius 3 is 2.35 bits per heavy atom. The highest BCUT2D eigenvalue weighted by molar-refractivity contribution is 7.89. The molecule has 4 atom stereocenters. The van der Waals surface area contributed by atoms with E-state index in [1.54, 1.807) is 31.4 Å². The predicted octanol–water partition coefficient (Wildman–Crippen LogP) is 2.51. The van der Waals surface area contributed by atoms with Crippen LogP contribution in [0.3, 0.4) is 0 Å². The summed E-state index contributed by atoms with van der Waals surface area (Å²) in [7, 11) is -1.94. The minimum atomic E-state index is -3.51. The molecule has 2 aromatic carbocycles. The Balaban J connectivity index is 1.11. The number of ether oxygens (including phenoxy) is 1. The van der Waals surface area contributed by atoms with Crippen molar-refractivity contribution in [1.29, 1.82) is 0 Å². The number of nitrogens with zero attached hydrogens (tertiary/aromatic N) is 3. The van der Waals surface area contributed by atoms with Crippen LogP contribution in [0.1, 0.15) is 12.8 Å². The van der Waals surface area contributed by atoms with E-state index < -0.39 is 10.0 Å². The molecule has 0 aromatic heterocycles. The number of para-hydroxylation sites is 1. The number of fused-ring (bicyclic) bond motifs is 3. The Hall–Kier alpha value is -2.13. The van der Waals surface area contributed by atoms with E-state index in [9.17, 15) is 8.42 Å². The molecule has 0 radical (unpaired) electrons. The van der Waals surface area contributed by atoms with Gasteiger partial charge in [0.1, 0.15) is 5.75 Å². The Morgan fingerprint density at radius 2 is 1.71 bits per heavy atom. The maximum absolute atomic E-state index is 12.8. The molecule has 4 aliphatic heterocycles. The minimum absolute atomic E-state index is 0.289. The van der Waals surface area contributed by atoms with Crippen LogP contribution in [-0.2, 0) is 10.0 Å². The molecule has 4 fully saturated rings. The zero-order chi connectivity index (χ0) is 23.5. The fraction of sp³-hybridized carbons (Fsp3) is 0.538. The van der Waals surface area contributed by atoms with Gasteiger partial charge in [-0.2, -0.15) is 0 Å². The average molecular weight is 485 g/mol. The number of rotatable bonds is 8. The van der Waals surface area contributed by atoms with Crippen molar-refractivity contribution in [3.63, 3.8) is 0 Å². The monoisotopic (exact) mass is 484 g/mol. The second-order valence-electron chi connectivity index (χ2n) is 9.84. The first kappa shape index (κ1) is 23.6. The summed E-state index contributed by atoms with van der Waals surface area (Å²) < 4.78 is 33.5. The first-order valence-corrected chi connectivity index (χ1v) is 13.9. The van der Waals surface area contributed by atoms with Crippen LogP contribution in [0, 0.1) is 11.8 Å². The molecule has 2 aromatic rings. The van der Waals surface area contributed by atoms with Crippen molar-refractivity contribution in [2.45, 2.75) is 23.8 Å². The fourth-order valence-electron chi connectivity index (χ4n) is 5.87. The summed E-state index contributed by atoms with van der Waals surface area (Å²) in [6.45, 7) is 8.20. The first-order chi connectivity index (χ1) is 16.5. The van der Waals surface area contributed by atoms with Gasteiger partial charge in [-0.05, 0) is 67.6 Å². The number of anilines is 1. The molecule has 0 saturated carbocycles. The number of piperazine rings is 1. The Morgan fingerprint density at radius 1 is 0.971 bits per heavy atom. The average Bonchev–Trinajstić information content (AvgIpc) is 2.89. The lowest BCUT2D eigenvalue weighted by atomic mass is 9.75. The van der Waals surface area contributed by atoms with E-state index in [-0.39, 0.29) is 10.9 Å². The van der Waals surface area contributed by atoms with Crippen molar-refractivity contribution in [3.8, 4) is 5.75 Å². The predicted molar refractivity (Wildman–Crippen MR) is 135 cm³/mol. The molecule has 4 aliphatic rings. The largest absolute Gasteiger partial charge is 0.497 e. The van der Waals surface area contributed by atoms with Crippen LogP contribution in [-0.4, -0.2) is 83.7 Å². The molecule has 184 valence electrons. The van der Waals surface area contributed by atoms with Crippen molar-refractivity contribution < 1.29 is 13.2 Å². The van der Waals surface area contributed by atoms with Crippen molar-refractivity contribution in [2.24, 2.45) is 11.8 Å². The second kappa shape index (κ2) is 10.2. The molecule has 1 unspecified atom stereocenters. The van der Waals surface area contributed by atoms with E-state index in [2.05, 4.69) is 49.8 Å². The molecule has 8 heteroatoms. The van der Waals surface area contributed by atoms with Crippen LogP contribution in [0.2, 0.25) is 0 Å². The zero-order valence-electron chi connectivity index (χ0n) is 20.0. The van der Waals surface area contributed by atoms with Crippen molar-refractivity contribution >= 4 is 15.7 Å². The zero-order valence-corrected chi connectivity index (χ0v) is 20.8. The lowest BCUT2D eigenvalue weighted by Gasteiger charge is -2.51. The van der Waals surface area contributed by atoms with Crippen molar-refractivity contribution in [2.75, 3.05) is 64.4 Å².